The van der Waals surface area contributed by atoms with Crippen LogP contribution in [0.4, 0.5) is 0 Å². The molecule has 0 bridgehead atoms. The number of ether oxygens (including phenoxy) is 1. The van der Waals surface area contributed by atoms with E-state index in [1.807, 2.05) is 4.90 Å². The lowest BCUT2D eigenvalue weighted by Crippen LogP contribution is -2.53. The zero-order valence-electron chi connectivity index (χ0n) is 12.2. The van der Waals surface area contributed by atoms with Crippen LogP contribution in [0.1, 0.15) is 38.5 Å². The Balaban J connectivity index is 1.70. The molecule has 2 fully saturated rings. The van der Waals surface area contributed by atoms with Gasteiger partial charge in [-0.25, -0.2) is 0 Å². The molecule has 2 rings (SSSR count). The molecular weight excluding hydrogens is 258 g/mol. The summed E-state index contributed by atoms with van der Waals surface area (Å²) in [4.78, 5) is 25.5. The molecule has 2 aliphatic rings. The first kappa shape index (κ1) is 15.3. The van der Waals surface area contributed by atoms with Gasteiger partial charge in [0.15, 0.2) is 0 Å². The fraction of sp³-hybridized carbons (Fsp3) is 0.857. The number of hydrogen-bond acceptors (Lipinski definition) is 4. The molecule has 2 amide bonds. The van der Waals surface area contributed by atoms with E-state index in [0.29, 0.717) is 19.5 Å². The van der Waals surface area contributed by atoms with Gasteiger partial charge < -0.3 is 20.7 Å². The molecule has 0 aromatic rings. The van der Waals surface area contributed by atoms with Crippen LogP contribution < -0.4 is 11.1 Å². The van der Waals surface area contributed by atoms with Gasteiger partial charge in [0.25, 0.3) is 0 Å². The third-order valence-electron chi connectivity index (χ3n) is 4.34. The number of carbonyl (C=O) groups excluding carboxylic acids is 2. The summed E-state index contributed by atoms with van der Waals surface area (Å²) >= 11 is 0. The highest BCUT2D eigenvalue weighted by Crippen LogP contribution is 2.32. The van der Waals surface area contributed by atoms with Gasteiger partial charge in [0.05, 0.1) is 0 Å². The molecule has 0 radical (unpaired) electrons. The molecular formula is C14H25N3O3. The van der Waals surface area contributed by atoms with Crippen LogP contribution in [-0.4, -0.2) is 55.1 Å². The van der Waals surface area contributed by atoms with Gasteiger partial charge in [-0.05, 0) is 32.1 Å². The van der Waals surface area contributed by atoms with Crippen molar-refractivity contribution in [1.29, 1.82) is 0 Å². The van der Waals surface area contributed by atoms with E-state index >= 15 is 0 Å². The van der Waals surface area contributed by atoms with Crippen LogP contribution in [0.15, 0.2) is 0 Å². The number of hydrogen-bond donors (Lipinski definition) is 2. The van der Waals surface area contributed by atoms with Gasteiger partial charge in [-0.2, -0.15) is 0 Å². The lowest BCUT2D eigenvalue weighted by Gasteiger charge is -2.40. The Labute approximate surface area is 120 Å². The van der Waals surface area contributed by atoms with Gasteiger partial charge in [-0.3, -0.25) is 9.59 Å². The van der Waals surface area contributed by atoms with E-state index in [1.165, 1.54) is 7.11 Å². The van der Waals surface area contributed by atoms with Crippen molar-refractivity contribution in [2.45, 2.75) is 50.1 Å². The smallest absolute Gasteiger partial charge is 0.246 e. The normalized spacial score (nSPS) is 22.2. The highest BCUT2D eigenvalue weighted by atomic mass is 16.5. The van der Waals surface area contributed by atoms with Gasteiger partial charge in [0, 0.05) is 38.2 Å². The predicted octanol–water partition coefficient (Wildman–Crippen LogP) is 0.0115. The Kier molecular flexibility index (Phi) is 4.99. The molecule has 1 heterocycles. The number of amides is 2. The highest BCUT2D eigenvalue weighted by Gasteiger charge is 2.36. The number of methoxy groups -OCH3 is 1. The van der Waals surface area contributed by atoms with E-state index in [2.05, 4.69) is 5.32 Å². The topological polar surface area (TPSA) is 84.7 Å². The predicted molar refractivity (Wildman–Crippen MR) is 75.0 cm³/mol. The Hall–Kier alpha value is -1.14. The molecule has 0 atom stereocenters. The van der Waals surface area contributed by atoms with Gasteiger partial charge >= 0.3 is 0 Å². The zero-order valence-corrected chi connectivity index (χ0v) is 12.2. The van der Waals surface area contributed by atoms with Crippen molar-refractivity contribution in [3.63, 3.8) is 0 Å². The fourth-order valence-corrected chi connectivity index (χ4v) is 2.89. The monoisotopic (exact) mass is 283 g/mol. The summed E-state index contributed by atoms with van der Waals surface area (Å²) in [5.41, 5.74) is 5.87. The van der Waals surface area contributed by atoms with Crippen LogP contribution in [0.25, 0.3) is 0 Å². The second kappa shape index (κ2) is 6.54. The maximum absolute atomic E-state index is 12.2. The van der Waals surface area contributed by atoms with Crippen LogP contribution >= 0.6 is 0 Å². The first-order valence-electron chi connectivity index (χ1n) is 7.37. The molecule has 0 spiro atoms. The summed E-state index contributed by atoms with van der Waals surface area (Å²) in [7, 11) is 1.50. The molecule has 0 aromatic heterocycles. The standard InChI is InChI=1S/C14H25N3O3/c1-20-10-12(18)16-11-3-7-17(8-4-11)13(19)9-14(15)5-2-6-14/h11H,2-10,15H2,1H3,(H,16,18). The van der Waals surface area contributed by atoms with E-state index in [0.717, 1.165) is 32.1 Å². The first-order valence-corrected chi connectivity index (χ1v) is 7.37. The summed E-state index contributed by atoms with van der Waals surface area (Å²) in [6, 6.07) is 0.150. The maximum atomic E-state index is 12.2. The summed E-state index contributed by atoms with van der Waals surface area (Å²) in [5, 5.41) is 2.92. The lowest BCUT2D eigenvalue weighted by atomic mass is 9.75. The number of nitrogens with two attached hydrogens (primary N) is 1. The molecule has 114 valence electrons. The van der Waals surface area contributed by atoms with Crippen LogP contribution in [0.5, 0.6) is 0 Å². The molecule has 1 aliphatic heterocycles. The zero-order chi connectivity index (χ0) is 14.6. The van der Waals surface area contributed by atoms with Crippen molar-refractivity contribution in [3.05, 3.63) is 0 Å². The number of nitrogens with one attached hydrogen (secondary N) is 1. The van der Waals surface area contributed by atoms with Crippen molar-refractivity contribution >= 4 is 11.8 Å². The van der Waals surface area contributed by atoms with Crippen molar-refractivity contribution < 1.29 is 14.3 Å². The second-order valence-electron chi connectivity index (χ2n) is 6.05. The summed E-state index contributed by atoms with van der Waals surface area (Å²) < 4.78 is 4.79. The van der Waals surface area contributed by atoms with E-state index in [4.69, 9.17) is 10.5 Å². The van der Waals surface area contributed by atoms with Crippen LogP contribution in [0, 0.1) is 0 Å². The minimum absolute atomic E-state index is 0.0901. The van der Waals surface area contributed by atoms with Gasteiger partial charge in [-0.1, -0.05) is 0 Å². The fourth-order valence-electron chi connectivity index (χ4n) is 2.89. The average molecular weight is 283 g/mol. The number of piperidine rings is 1. The summed E-state index contributed by atoms with van der Waals surface area (Å²) in [5.74, 6) is 0.0709. The second-order valence-corrected chi connectivity index (χ2v) is 6.05. The Bertz CT molecular complexity index is 361. The van der Waals surface area contributed by atoms with Crippen LogP contribution in [0.2, 0.25) is 0 Å². The highest BCUT2D eigenvalue weighted by molar-refractivity contribution is 5.78. The number of carbonyl (C=O) groups is 2. The Morgan fingerprint density at radius 3 is 2.50 bits per heavy atom. The van der Waals surface area contributed by atoms with E-state index in [-0.39, 0.29) is 30.0 Å². The first-order chi connectivity index (χ1) is 9.52. The third-order valence-corrected chi connectivity index (χ3v) is 4.34. The molecule has 3 N–H and O–H groups in total. The maximum Gasteiger partial charge on any atom is 0.246 e. The third kappa shape index (κ3) is 3.93. The number of nitrogens with zero attached hydrogens (tertiary/aromatic N) is 1. The number of rotatable bonds is 5. The number of likely N-dealkylation sites (tertiary alicyclic amines) is 1. The van der Waals surface area contributed by atoms with E-state index in [9.17, 15) is 9.59 Å². The molecule has 6 nitrogen and oxygen atoms in total. The Morgan fingerprint density at radius 1 is 1.35 bits per heavy atom. The largest absolute Gasteiger partial charge is 0.375 e. The minimum atomic E-state index is -0.249. The molecule has 6 heteroatoms. The molecule has 1 aliphatic carbocycles. The van der Waals surface area contributed by atoms with Gasteiger partial charge in [-0.15, -0.1) is 0 Å². The average Bonchev–Trinajstić information content (AvgIpc) is 2.38. The quantitative estimate of drug-likeness (QED) is 0.744. The minimum Gasteiger partial charge on any atom is -0.375 e. The van der Waals surface area contributed by atoms with Crippen molar-refractivity contribution in [3.8, 4) is 0 Å². The van der Waals surface area contributed by atoms with Crippen molar-refractivity contribution in [2.24, 2.45) is 5.73 Å². The van der Waals surface area contributed by atoms with E-state index < -0.39 is 0 Å². The molecule has 0 unspecified atom stereocenters. The summed E-state index contributed by atoms with van der Waals surface area (Å²) in [6.45, 7) is 1.49. The van der Waals surface area contributed by atoms with E-state index in [1.54, 1.807) is 0 Å². The van der Waals surface area contributed by atoms with Gasteiger partial charge in [0.2, 0.25) is 11.8 Å². The Morgan fingerprint density at radius 2 is 2.00 bits per heavy atom. The van der Waals surface area contributed by atoms with Crippen molar-refractivity contribution in [2.75, 3.05) is 26.8 Å². The van der Waals surface area contributed by atoms with Gasteiger partial charge in [0.1, 0.15) is 6.61 Å². The van der Waals surface area contributed by atoms with Crippen molar-refractivity contribution in [1.82, 2.24) is 10.2 Å². The molecule has 1 saturated carbocycles. The molecule has 20 heavy (non-hydrogen) atoms. The van der Waals surface area contributed by atoms with Crippen LogP contribution in [-0.2, 0) is 14.3 Å². The lowest BCUT2D eigenvalue weighted by molar-refractivity contribution is -0.134. The molecule has 1 saturated heterocycles. The molecule has 0 aromatic carbocycles. The SMILES string of the molecule is COCC(=O)NC1CCN(C(=O)CC2(N)CCC2)CC1. The van der Waals surface area contributed by atoms with Crippen LogP contribution in [0.3, 0.4) is 0 Å². The summed E-state index contributed by atoms with van der Waals surface area (Å²) in [6.07, 6.45) is 5.13.